The average molecular weight is 266 g/mol. The minimum atomic E-state index is -1.10. The maximum absolute atomic E-state index is 10.9. The van der Waals surface area contributed by atoms with Gasteiger partial charge in [0.1, 0.15) is 0 Å². The molecule has 2 aromatic rings. The van der Waals surface area contributed by atoms with Crippen molar-refractivity contribution in [3.63, 3.8) is 0 Å². The molecule has 0 aliphatic rings. The molecule has 18 heavy (non-hydrogen) atoms. The molecule has 0 aliphatic carbocycles. The van der Waals surface area contributed by atoms with E-state index in [9.17, 15) is 9.59 Å². The van der Waals surface area contributed by atoms with Crippen molar-refractivity contribution in [2.24, 2.45) is 0 Å². The number of aromatic nitrogens is 3. The third-order valence-electron chi connectivity index (χ3n) is 2.08. The van der Waals surface area contributed by atoms with E-state index in [1.54, 1.807) is 12.3 Å². The molecule has 2 rings (SSSR count). The van der Waals surface area contributed by atoms with Crippen LogP contribution >= 0.6 is 11.3 Å². The molecule has 0 unspecified atom stereocenters. The van der Waals surface area contributed by atoms with Gasteiger partial charge >= 0.3 is 10.8 Å². The van der Waals surface area contributed by atoms with Gasteiger partial charge in [-0.1, -0.05) is 11.3 Å². The van der Waals surface area contributed by atoms with Crippen LogP contribution in [0.5, 0.6) is 0 Å². The second kappa shape index (κ2) is 4.96. The van der Waals surface area contributed by atoms with Crippen LogP contribution in [0, 0.1) is 6.92 Å². The molecule has 2 heterocycles. The molecule has 0 fully saturated rings. The van der Waals surface area contributed by atoms with Crippen LogP contribution in [0.4, 0.5) is 5.95 Å². The summed E-state index contributed by atoms with van der Waals surface area (Å²) in [5.41, 5.74) is 1.19. The van der Waals surface area contributed by atoms with Crippen LogP contribution in [-0.4, -0.2) is 26.0 Å². The first kappa shape index (κ1) is 12.2. The molecule has 0 saturated carbocycles. The monoisotopic (exact) mass is 266 g/mol. The number of carboxylic acid groups (broad SMARTS) is 1. The minimum Gasteiger partial charge on any atom is -0.477 e. The lowest BCUT2D eigenvalue weighted by Crippen LogP contribution is -2.10. The third kappa shape index (κ3) is 2.92. The number of aryl methyl sites for hydroxylation is 1. The van der Waals surface area contributed by atoms with E-state index in [2.05, 4.69) is 20.3 Å². The highest BCUT2D eigenvalue weighted by atomic mass is 32.1. The molecule has 0 bridgehead atoms. The Kier molecular flexibility index (Phi) is 3.38. The van der Waals surface area contributed by atoms with Gasteiger partial charge in [0.25, 0.3) is 0 Å². The number of hydrogen-bond acceptors (Lipinski definition) is 6. The van der Waals surface area contributed by atoms with E-state index in [-0.39, 0.29) is 16.5 Å². The van der Waals surface area contributed by atoms with Crippen LogP contribution in [-0.2, 0) is 6.54 Å². The molecule has 8 heteroatoms. The molecule has 0 atom stereocenters. The van der Waals surface area contributed by atoms with E-state index in [0.29, 0.717) is 17.9 Å². The molecular weight excluding hydrogens is 256 g/mol. The van der Waals surface area contributed by atoms with Crippen molar-refractivity contribution < 1.29 is 9.90 Å². The van der Waals surface area contributed by atoms with E-state index in [1.165, 1.54) is 6.07 Å². The molecule has 0 spiro atoms. The van der Waals surface area contributed by atoms with Crippen molar-refractivity contribution in [2.45, 2.75) is 13.5 Å². The highest BCUT2D eigenvalue weighted by Gasteiger charge is 2.08. The Morgan fingerprint density at radius 2 is 2.33 bits per heavy atom. The van der Waals surface area contributed by atoms with Crippen LogP contribution in [0.15, 0.2) is 16.2 Å². The lowest BCUT2D eigenvalue weighted by molar-refractivity contribution is 0.0690. The predicted molar refractivity (Wildman–Crippen MR) is 66.0 cm³/mol. The fourth-order valence-corrected chi connectivity index (χ4v) is 1.91. The molecular formula is C10H10N4O3S. The number of thiazole rings is 1. The Labute approximate surface area is 106 Å². The van der Waals surface area contributed by atoms with Gasteiger partial charge in [-0.05, 0) is 13.0 Å². The zero-order valence-corrected chi connectivity index (χ0v) is 10.2. The largest absolute Gasteiger partial charge is 0.477 e. The number of anilines is 1. The first-order valence-corrected chi connectivity index (χ1v) is 5.92. The summed E-state index contributed by atoms with van der Waals surface area (Å²) in [5, 5.41) is 13.4. The van der Waals surface area contributed by atoms with Crippen LogP contribution in [0.2, 0.25) is 0 Å². The van der Waals surface area contributed by atoms with Gasteiger partial charge in [0.2, 0.25) is 5.95 Å². The average Bonchev–Trinajstić information content (AvgIpc) is 2.72. The lowest BCUT2D eigenvalue weighted by Gasteiger charge is -2.05. The number of aromatic carboxylic acids is 1. The fraction of sp³-hybridized carbons (Fsp3) is 0.200. The van der Waals surface area contributed by atoms with Gasteiger partial charge in [-0.15, -0.1) is 0 Å². The topological polar surface area (TPSA) is 108 Å². The van der Waals surface area contributed by atoms with E-state index >= 15 is 0 Å². The predicted octanol–water partition coefficient (Wildman–Crippen LogP) is 0.845. The Balaban J connectivity index is 2.14. The van der Waals surface area contributed by atoms with Gasteiger partial charge in [0.15, 0.2) is 5.69 Å². The van der Waals surface area contributed by atoms with Crippen LogP contribution in [0.1, 0.15) is 21.9 Å². The zero-order chi connectivity index (χ0) is 13.1. The molecule has 3 N–H and O–H groups in total. The van der Waals surface area contributed by atoms with Crippen LogP contribution < -0.4 is 10.2 Å². The van der Waals surface area contributed by atoms with Gasteiger partial charge in [-0.25, -0.2) is 14.8 Å². The number of hydrogen-bond donors (Lipinski definition) is 3. The Morgan fingerprint density at radius 3 is 2.94 bits per heavy atom. The number of H-pyrrole nitrogens is 1. The quantitative estimate of drug-likeness (QED) is 0.757. The highest BCUT2D eigenvalue weighted by molar-refractivity contribution is 7.07. The molecule has 0 radical (unpaired) electrons. The SMILES string of the molecule is Cc1cc(C(=O)O)nc(NCc2csc(=O)[nH]2)n1. The summed E-state index contributed by atoms with van der Waals surface area (Å²) in [7, 11) is 0. The molecule has 7 nitrogen and oxygen atoms in total. The molecule has 2 aromatic heterocycles. The standard InChI is InChI=1S/C10H10N4O3S/c1-5-2-7(8(15)16)14-9(12-5)11-3-6-4-18-10(17)13-6/h2,4H,3H2,1H3,(H,13,17)(H,15,16)(H,11,12,14). The molecule has 0 amide bonds. The minimum absolute atomic E-state index is 0.0659. The van der Waals surface area contributed by atoms with Crippen molar-refractivity contribution in [3.05, 3.63) is 38.2 Å². The lowest BCUT2D eigenvalue weighted by atomic mass is 10.3. The molecule has 0 saturated heterocycles. The summed E-state index contributed by atoms with van der Waals surface area (Å²) < 4.78 is 0. The number of carboxylic acids is 1. The van der Waals surface area contributed by atoms with Crippen molar-refractivity contribution in [3.8, 4) is 0 Å². The number of nitrogens with zero attached hydrogens (tertiary/aromatic N) is 2. The number of nitrogens with one attached hydrogen (secondary N) is 2. The Bertz CT molecular complexity index is 634. The van der Waals surface area contributed by atoms with Gasteiger partial charge in [-0.3, -0.25) is 4.79 Å². The zero-order valence-electron chi connectivity index (χ0n) is 9.43. The van der Waals surface area contributed by atoms with Gasteiger partial charge < -0.3 is 15.4 Å². The second-order valence-electron chi connectivity index (χ2n) is 3.55. The highest BCUT2D eigenvalue weighted by Crippen LogP contribution is 2.06. The Morgan fingerprint density at radius 1 is 1.56 bits per heavy atom. The third-order valence-corrected chi connectivity index (χ3v) is 2.80. The molecule has 94 valence electrons. The summed E-state index contributed by atoms with van der Waals surface area (Å²) in [4.78, 5) is 32.1. The van der Waals surface area contributed by atoms with Crippen LogP contribution in [0.3, 0.4) is 0 Å². The summed E-state index contributed by atoms with van der Waals surface area (Å²) >= 11 is 1.06. The van der Waals surface area contributed by atoms with E-state index in [4.69, 9.17) is 5.11 Å². The number of carbonyl (C=O) groups is 1. The molecule has 0 aliphatic heterocycles. The fourth-order valence-electron chi connectivity index (χ4n) is 1.33. The first-order chi connectivity index (χ1) is 8.54. The van der Waals surface area contributed by atoms with Gasteiger partial charge in [0.05, 0.1) is 6.54 Å². The second-order valence-corrected chi connectivity index (χ2v) is 4.39. The summed E-state index contributed by atoms with van der Waals surface area (Å²) in [6.45, 7) is 2.02. The van der Waals surface area contributed by atoms with E-state index in [1.807, 2.05) is 0 Å². The van der Waals surface area contributed by atoms with Crippen molar-refractivity contribution in [2.75, 3.05) is 5.32 Å². The summed E-state index contributed by atoms with van der Waals surface area (Å²) in [5.74, 6) is -0.882. The maximum atomic E-state index is 10.9. The molecule has 0 aromatic carbocycles. The van der Waals surface area contributed by atoms with Gasteiger partial charge in [0, 0.05) is 16.8 Å². The smallest absolute Gasteiger partial charge is 0.354 e. The first-order valence-electron chi connectivity index (χ1n) is 5.04. The normalized spacial score (nSPS) is 10.3. The summed E-state index contributed by atoms with van der Waals surface area (Å²) in [6, 6.07) is 1.39. The van der Waals surface area contributed by atoms with E-state index in [0.717, 1.165) is 11.3 Å². The maximum Gasteiger partial charge on any atom is 0.354 e. The van der Waals surface area contributed by atoms with Crippen molar-refractivity contribution >= 4 is 23.3 Å². The van der Waals surface area contributed by atoms with Crippen molar-refractivity contribution in [1.29, 1.82) is 0 Å². The van der Waals surface area contributed by atoms with E-state index < -0.39 is 5.97 Å². The number of aromatic amines is 1. The van der Waals surface area contributed by atoms with Crippen molar-refractivity contribution in [1.82, 2.24) is 15.0 Å². The summed E-state index contributed by atoms with van der Waals surface area (Å²) in [6.07, 6.45) is 0. The number of rotatable bonds is 4. The Hall–Kier alpha value is -2.22. The van der Waals surface area contributed by atoms with Crippen LogP contribution in [0.25, 0.3) is 0 Å². The van der Waals surface area contributed by atoms with Gasteiger partial charge in [-0.2, -0.15) is 0 Å².